The Hall–Kier alpha value is -1.66. The van der Waals surface area contributed by atoms with Crippen LogP contribution in [0.4, 0.5) is 0 Å². The van der Waals surface area contributed by atoms with Gasteiger partial charge in [0.1, 0.15) is 6.26 Å². The third-order valence-electron chi connectivity index (χ3n) is 2.28. The molecule has 0 radical (unpaired) electrons. The summed E-state index contributed by atoms with van der Waals surface area (Å²) in [6.07, 6.45) is 2.26. The van der Waals surface area contributed by atoms with E-state index in [2.05, 4.69) is 10.3 Å². The minimum atomic E-state index is -0.116. The first-order chi connectivity index (χ1) is 8.79. The summed E-state index contributed by atoms with van der Waals surface area (Å²) in [6, 6.07) is 3.84. The van der Waals surface area contributed by atoms with Gasteiger partial charge >= 0.3 is 0 Å². The van der Waals surface area contributed by atoms with E-state index in [0.717, 1.165) is 4.88 Å². The maximum absolute atomic E-state index is 11.5. The second-order valence-electron chi connectivity index (χ2n) is 3.73. The van der Waals surface area contributed by atoms with E-state index in [9.17, 15) is 4.79 Å². The summed E-state index contributed by atoms with van der Waals surface area (Å²) in [5.74, 6) is 0.428. The standard InChI is InChI=1S/C12H14N2O3S/c15-5-2-4-13-11(16)7-9-8-17-12(14-9)10-3-1-6-18-10/h1,3,6,8,15H,2,4-5,7H2,(H,13,16). The molecule has 6 heteroatoms. The summed E-state index contributed by atoms with van der Waals surface area (Å²) in [4.78, 5) is 16.7. The summed E-state index contributed by atoms with van der Waals surface area (Å²) in [5, 5.41) is 13.2. The van der Waals surface area contributed by atoms with Gasteiger partial charge in [0.2, 0.25) is 11.8 Å². The number of oxazole rings is 1. The molecule has 0 fully saturated rings. The number of carbonyl (C=O) groups is 1. The molecule has 0 aliphatic rings. The van der Waals surface area contributed by atoms with E-state index in [1.165, 1.54) is 6.26 Å². The third kappa shape index (κ3) is 3.41. The minimum Gasteiger partial charge on any atom is -0.444 e. The number of hydrogen-bond donors (Lipinski definition) is 2. The van der Waals surface area contributed by atoms with Gasteiger partial charge in [-0.1, -0.05) is 6.07 Å². The molecule has 5 nitrogen and oxygen atoms in total. The van der Waals surface area contributed by atoms with Crippen LogP contribution in [0.1, 0.15) is 12.1 Å². The van der Waals surface area contributed by atoms with Gasteiger partial charge in [-0.3, -0.25) is 4.79 Å². The zero-order valence-electron chi connectivity index (χ0n) is 9.76. The maximum Gasteiger partial charge on any atom is 0.236 e. The summed E-state index contributed by atoms with van der Waals surface area (Å²) in [6.45, 7) is 0.553. The van der Waals surface area contributed by atoms with Crippen molar-refractivity contribution < 1.29 is 14.3 Å². The van der Waals surface area contributed by atoms with Crippen LogP contribution < -0.4 is 5.32 Å². The van der Waals surface area contributed by atoms with Gasteiger partial charge in [-0.2, -0.15) is 0 Å². The zero-order chi connectivity index (χ0) is 12.8. The molecule has 0 spiro atoms. The fourth-order valence-corrected chi connectivity index (χ4v) is 2.09. The number of rotatable bonds is 6. The van der Waals surface area contributed by atoms with E-state index < -0.39 is 0 Å². The van der Waals surface area contributed by atoms with Gasteiger partial charge in [0.05, 0.1) is 17.0 Å². The highest BCUT2D eigenvalue weighted by atomic mass is 32.1. The van der Waals surface area contributed by atoms with Crippen molar-refractivity contribution in [2.75, 3.05) is 13.2 Å². The van der Waals surface area contributed by atoms with Crippen LogP contribution in [0.25, 0.3) is 10.8 Å². The SMILES string of the molecule is O=C(Cc1coc(-c2cccs2)n1)NCCCO. The third-order valence-corrected chi connectivity index (χ3v) is 3.14. The number of nitrogens with zero attached hydrogens (tertiary/aromatic N) is 1. The molecule has 0 aromatic carbocycles. The van der Waals surface area contributed by atoms with Gasteiger partial charge in [-0.15, -0.1) is 11.3 Å². The molecule has 0 bridgehead atoms. The number of nitrogens with one attached hydrogen (secondary N) is 1. The number of aliphatic hydroxyl groups is 1. The Morgan fingerprint density at radius 3 is 3.17 bits per heavy atom. The highest BCUT2D eigenvalue weighted by molar-refractivity contribution is 7.13. The summed E-state index contributed by atoms with van der Waals surface area (Å²) < 4.78 is 5.31. The van der Waals surface area contributed by atoms with Crippen LogP contribution in [0.2, 0.25) is 0 Å². The van der Waals surface area contributed by atoms with Crippen LogP contribution in [0.3, 0.4) is 0 Å². The van der Waals surface area contributed by atoms with Gasteiger partial charge < -0.3 is 14.8 Å². The zero-order valence-corrected chi connectivity index (χ0v) is 10.6. The van der Waals surface area contributed by atoms with Gasteiger partial charge in [0, 0.05) is 13.2 Å². The molecule has 18 heavy (non-hydrogen) atoms. The number of amides is 1. The molecule has 2 heterocycles. The quantitative estimate of drug-likeness (QED) is 0.776. The Labute approximate surface area is 108 Å². The lowest BCUT2D eigenvalue weighted by atomic mass is 10.3. The van der Waals surface area contributed by atoms with Crippen molar-refractivity contribution in [3.8, 4) is 10.8 Å². The van der Waals surface area contributed by atoms with Gasteiger partial charge in [-0.25, -0.2) is 4.98 Å². The second kappa shape index (κ2) is 6.32. The van der Waals surface area contributed by atoms with Crippen LogP contribution in [0, 0.1) is 0 Å². The molecule has 1 amide bonds. The molecule has 2 aromatic rings. The number of aromatic nitrogens is 1. The van der Waals surface area contributed by atoms with Gasteiger partial charge in [0.25, 0.3) is 0 Å². The van der Waals surface area contributed by atoms with Crippen molar-refractivity contribution in [2.24, 2.45) is 0 Å². The highest BCUT2D eigenvalue weighted by Gasteiger charge is 2.10. The molecule has 0 saturated heterocycles. The molecular weight excluding hydrogens is 252 g/mol. The van der Waals surface area contributed by atoms with Crippen molar-refractivity contribution in [3.63, 3.8) is 0 Å². The lowest BCUT2D eigenvalue weighted by Crippen LogP contribution is -2.26. The average molecular weight is 266 g/mol. The topological polar surface area (TPSA) is 75.4 Å². The van der Waals surface area contributed by atoms with Crippen molar-refractivity contribution in [1.82, 2.24) is 10.3 Å². The number of hydrogen-bond acceptors (Lipinski definition) is 5. The molecule has 2 rings (SSSR count). The predicted molar refractivity (Wildman–Crippen MR) is 68.2 cm³/mol. The number of aliphatic hydroxyl groups excluding tert-OH is 1. The van der Waals surface area contributed by atoms with Crippen molar-refractivity contribution in [2.45, 2.75) is 12.8 Å². The summed E-state index contributed by atoms with van der Waals surface area (Å²) in [7, 11) is 0. The second-order valence-corrected chi connectivity index (χ2v) is 4.67. The molecule has 2 aromatic heterocycles. The lowest BCUT2D eigenvalue weighted by molar-refractivity contribution is -0.120. The Bertz CT molecular complexity index is 493. The van der Waals surface area contributed by atoms with E-state index in [1.54, 1.807) is 11.3 Å². The highest BCUT2D eigenvalue weighted by Crippen LogP contribution is 2.23. The molecular formula is C12H14N2O3S. The lowest BCUT2D eigenvalue weighted by Gasteiger charge is -2.01. The van der Waals surface area contributed by atoms with Crippen LogP contribution in [0.15, 0.2) is 28.2 Å². The molecule has 96 valence electrons. The molecule has 0 atom stereocenters. The molecule has 2 N–H and O–H groups in total. The fourth-order valence-electron chi connectivity index (χ4n) is 1.44. The molecule has 0 saturated carbocycles. The van der Waals surface area contributed by atoms with E-state index in [0.29, 0.717) is 24.6 Å². The Morgan fingerprint density at radius 2 is 2.44 bits per heavy atom. The first-order valence-electron chi connectivity index (χ1n) is 5.65. The van der Waals surface area contributed by atoms with Crippen LogP contribution in [-0.4, -0.2) is 29.1 Å². The average Bonchev–Trinajstić information content (AvgIpc) is 2.98. The first-order valence-corrected chi connectivity index (χ1v) is 6.53. The van der Waals surface area contributed by atoms with Crippen LogP contribution in [0.5, 0.6) is 0 Å². The normalized spacial score (nSPS) is 10.5. The van der Waals surface area contributed by atoms with Gasteiger partial charge in [0.15, 0.2) is 0 Å². The van der Waals surface area contributed by atoms with Crippen LogP contribution >= 0.6 is 11.3 Å². The monoisotopic (exact) mass is 266 g/mol. The van der Waals surface area contributed by atoms with E-state index in [4.69, 9.17) is 9.52 Å². The Kier molecular flexibility index (Phi) is 4.49. The van der Waals surface area contributed by atoms with E-state index in [1.807, 2.05) is 17.5 Å². The largest absolute Gasteiger partial charge is 0.444 e. The smallest absolute Gasteiger partial charge is 0.236 e. The van der Waals surface area contributed by atoms with Crippen LogP contribution in [-0.2, 0) is 11.2 Å². The maximum atomic E-state index is 11.5. The van der Waals surface area contributed by atoms with Crippen molar-refractivity contribution in [1.29, 1.82) is 0 Å². The van der Waals surface area contributed by atoms with Gasteiger partial charge in [-0.05, 0) is 17.9 Å². The summed E-state index contributed by atoms with van der Waals surface area (Å²) in [5.41, 5.74) is 0.611. The van der Waals surface area contributed by atoms with E-state index in [-0.39, 0.29) is 18.9 Å². The summed E-state index contributed by atoms with van der Waals surface area (Å²) >= 11 is 1.54. The van der Waals surface area contributed by atoms with Crippen molar-refractivity contribution in [3.05, 3.63) is 29.5 Å². The first kappa shape index (κ1) is 12.8. The minimum absolute atomic E-state index is 0.0762. The Morgan fingerprint density at radius 1 is 1.56 bits per heavy atom. The van der Waals surface area contributed by atoms with Crippen molar-refractivity contribution >= 4 is 17.2 Å². The number of thiophene rings is 1. The Balaban J connectivity index is 1.89. The predicted octanol–water partition coefficient (Wildman–Crippen LogP) is 1.44. The fraction of sp³-hybridized carbons (Fsp3) is 0.333. The number of carbonyl (C=O) groups excluding carboxylic acids is 1. The molecule has 0 aliphatic heterocycles. The van der Waals surface area contributed by atoms with E-state index >= 15 is 0 Å². The molecule has 0 aliphatic carbocycles. The molecule has 0 unspecified atom stereocenters.